The van der Waals surface area contributed by atoms with Crippen molar-refractivity contribution in [2.45, 2.75) is 25.3 Å². The summed E-state index contributed by atoms with van der Waals surface area (Å²) in [5, 5.41) is 9.86. The Bertz CT molecular complexity index is 917. The first-order valence-corrected chi connectivity index (χ1v) is 9.06. The van der Waals surface area contributed by atoms with Gasteiger partial charge in [-0.3, -0.25) is 9.78 Å². The molecule has 0 aromatic carbocycles. The van der Waals surface area contributed by atoms with E-state index in [2.05, 4.69) is 19.5 Å². The van der Waals surface area contributed by atoms with E-state index in [0.717, 1.165) is 24.4 Å². The lowest BCUT2D eigenvalue weighted by atomic mass is 9.95. The lowest BCUT2D eigenvalue weighted by molar-refractivity contribution is 0.0701. The zero-order valence-electron chi connectivity index (χ0n) is 14.9. The fourth-order valence-electron chi connectivity index (χ4n) is 3.53. The Balaban J connectivity index is 1.42. The molecule has 1 amide bonds. The molecule has 27 heavy (non-hydrogen) atoms. The molecule has 0 unspecified atom stereocenters. The Hall–Kier alpha value is -3.22. The first-order valence-electron chi connectivity index (χ1n) is 9.06. The van der Waals surface area contributed by atoms with Crippen LogP contribution in [0.25, 0.3) is 0 Å². The van der Waals surface area contributed by atoms with Crippen LogP contribution in [0.4, 0.5) is 0 Å². The van der Waals surface area contributed by atoms with Crippen LogP contribution in [-0.2, 0) is 6.54 Å². The van der Waals surface area contributed by atoms with Crippen molar-refractivity contribution < 1.29 is 9.90 Å². The van der Waals surface area contributed by atoms with E-state index in [1.807, 2.05) is 30.6 Å². The number of nitrogens with zero attached hydrogens (tertiary/aromatic N) is 5. The molecule has 4 heterocycles. The monoisotopic (exact) mass is 363 g/mol. The molecule has 1 aliphatic heterocycles. The van der Waals surface area contributed by atoms with Gasteiger partial charge in [0.25, 0.3) is 5.91 Å². The minimum absolute atomic E-state index is 0.0736. The van der Waals surface area contributed by atoms with Crippen molar-refractivity contribution in [1.29, 1.82) is 0 Å². The van der Waals surface area contributed by atoms with Crippen molar-refractivity contribution in [2.24, 2.45) is 0 Å². The van der Waals surface area contributed by atoms with Crippen LogP contribution in [0, 0.1) is 0 Å². The third-order valence-electron chi connectivity index (χ3n) is 4.94. The number of likely N-dealkylation sites (tertiary alicyclic amines) is 1. The van der Waals surface area contributed by atoms with E-state index in [1.165, 1.54) is 12.3 Å². The van der Waals surface area contributed by atoms with Gasteiger partial charge in [-0.25, -0.2) is 9.97 Å². The van der Waals surface area contributed by atoms with Crippen LogP contribution in [0.2, 0.25) is 0 Å². The second-order valence-electron chi connectivity index (χ2n) is 6.67. The smallest absolute Gasteiger partial charge is 0.276 e. The predicted octanol–water partition coefficient (Wildman–Crippen LogP) is 2.45. The molecule has 0 saturated carbocycles. The molecule has 7 nitrogen and oxygen atoms in total. The molecule has 1 fully saturated rings. The molecule has 0 bridgehead atoms. The highest BCUT2D eigenvalue weighted by Gasteiger charge is 2.28. The Labute approximate surface area is 157 Å². The Morgan fingerprint density at radius 3 is 2.59 bits per heavy atom. The van der Waals surface area contributed by atoms with Crippen molar-refractivity contribution in [1.82, 2.24) is 24.4 Å². The van der Waals surface area contributed by atoms with Crippen molar-refractivity contribution in [3.63, 3.8) is 0 Å². The van der Waals surface area contributed by atoms with E-state index in [0.29, 0.717) is 25.6 Å². The zero-order chi connectivity index (χ0) is 18.6. The molecule has 3 aromatic rings. The number of hydrogen-bond acceptors (Lipinski definition) is 5. The van der Waals surface area contributed by atoms with Crippen LogP contribution in [0.3, 0.4) is 0 Å². The fraction of sp³-hybridized carbons (Fsp3) is 0.300. The van der Waals surface area contributed by atoms with Gasteiger partial charge in [0, 0.05) is 43.8 Å². The molecule has 7 heteroatoms. The predicted molar refractivity (Wildman–Crippen MR) is 99.3 cm³/mol. The summed E-state index contributed by atoms with van der Waals surface area (Å²) in [5.74, 6) is 1.04. The molecule has 0 spiro atoms. The standard InChI is InChI=1S/C20H21N5O2/c26-17-5-3-9-22-18(17)20(27)24-11-6-15(7-12-24)19-23-10-13-25(19)14-16-4-1-2-8-21-16/h1-5,8-10,13,15,26H,6-7,11-12,14H2. The topological polar surface area (TPSA) is 84.1 Å². The number of hydrogen-bond donors (Lipinski definition) is 1. The van der Waals surface area contributed by atoms with Gasteiger partial charge in [0.1, 0.15) is 11.6 Å². The van der Waals surface area contributed by atoms with E-state index < -0.39 is 0 Å². The third-order valence-corrected chi connectivity index (χ3v) is 4.94. The molecule has 1 N–H and O–H groups in total. The molecule has 3 aromatic heterocycles. The fourth-order valence-corrected chi connectivity index (χ4v) is 3.53. The van der Waals surface area contributed by atoms with Crippen LogP contribution in [-0.4, -0.2) is 48.5 Å². The van der Waals surface area contributed by atoms with Gasteiger partial charge in [0.15, 0.2) is 5.69 Å². The largest absolute Gasteiger partial charge is 0.505 e. The summed E-state index contributed by atoms with van der Waals surface area (Å²) in [7, 11) is 0. The first kappa shape index (κ1) is 17.2. The summed E-state index contributed by atoms with van der Waals surface area (Å²) in [6, 6.07) is 8.99. The first-order chi connectivity index (χ1) is 13.2. The van der Waals surface area contributed by atoms with Crippen molar-refractivity contribution in [3.8, 4) is 5.75 Å². The summed E-state index contributed by atoms with van der Waals surface area (Å²) >= 11 is 0. The van der Waals surface area contributed by atoms with E-state index in [1.54, 1.807) is 17.2 Å². The number of piperidine rings is 1. The van der Waals surface area contributed by atoms with Crippen molar-refractivity contribution in [3.05, 3.63) is 72.3 Å². The SMILES string of the molecule is O=C(c1ncccc1O)N1CCC(c2nccn2Cc2ccccn2)CC1. The summed E-state index contributed by atoms with van der Waals surface area (Å²) in [5.41, 5.74) is 1.11. The van der Waals surface area contributed by atoms with Gasteiger partial charge in [-0.15, -0.1) is 0 Å². The molecule has 1 saturated heterocycles. The zero-order valence-corrected chi connectivity index (χ0v) is 14.9. The number of pyridine rings is 2. The maximum absolute atomic E-state index is 12.6. The summed E-state index contributed by atoms with van der Waals surface area (Å²) in [4.78, 5) is 27.3. The second kappa shape index (κ2) is 7.57. The molecular formula is C20H21N5O2. The molecule has 1 aliphatic rings. The maximum Gasteiger partial charge on any atom is 0.276 e. The average Bonchev–Trinajstić information content (AvgIpc) is 3.17. The van der Waals surface area contributed by atoms with E-state index in [-0.39, 0.29) is 17.4 Å². The Kier molecular flexibility index (Phi) is 4.82. The molecule has 0 aliphatic carbocycles. The summed E-state index contributed by atoms with van der Waals surface area (Å²) in [6.45, 7) is 1.93. The van der Waals surface area contributed by atoms with Crippen LogP contribution >= 0.6 is 0 Å². The molecular weight excluding hydrogens is 342 g/mol. The second-order valence-corrected chi connectivity index (χ2v) is 6.67. The number of aromatic nitrogens is 4. The number of carbonyl (C=O) groups excluding carboxylic acids is 1. The molecule has 0 radical (unpaired) electrons. The molecule has 0 atom stereocenters. The number of carbonyl (C=O) groups is 1. The minimum atomic E-state index is -0.219. The third kappa shape index (κ3) is 3.67. The normalized spacial score (nSPS) is 15.0. The Morgan fingerprint density at radius 1 is 1.04 bits per heavy atom. The van der Waals surface area contributed by atoms with E-state index in [9.17, 15) is 9.90 Å². The highest BCUT2D eigenvalue weighted by Crippen LogP contribution is 2.28. The maximum atomic E-state index is 12.6. The summed E-state index contributed by atoms with van der Waals surface area (Å²) in [6.07, 6.45) is 8.78. The van der Waals surface area contributed by atoms with Gasteiger partial charge in [-0.2, -0.15) is 0 Å². The quantitative estimate of drug-likeness (QED) is 0.770. The van der Waals surface area contributed by atoms with Crippen LogP contribution < -0.4 is 0 Å². The molecule has 4 rings (SSSR count). The lowest BCUT2D eigenvalue weighted by Gasteiger charge is -2.31. The van der Waals surface area contributed by atoms with Crippen molar-refractivity contribution in [2.75, 3.05) is 13.1 Å². The van der Waals surface area contributed by atoms with Crippen molar-refractivity contribution >= 4 is 5.91 Å². The number of aromatic hydroxyl groups is 1. The number of imidazole rings is 1. The van der Waals surface area contributed by atoms with E-state index >= 15 is 0 Å². The van der Waals surface area contributed by atoms with Gasteiger partial charge in [-0.1, -0.05) is 6.07 Å². The van der Waals surface area contributed by atoms with Crippen LogP contribution in [0.1, 0.15) is 40.8 Å². The number of rotatable bonds is 4. The van der Waals surface area contributed by atoms with Crippen LogP contribution in [0.5, 0.6) is 5.75 Å². The van der Waals surface area contributed by atoms with Gasteiger partial charge < -0.3 is 14.6 Å². The van der Waals surface area contributed by atoms with Gasteiger partial charge >= 0.3 is 0 Å². The van der Waals surface area contributed by atoms with Gasteiger partial charge in [0.2, 0.25) is 0 Å². The van der Waals surface area contributed by atoms with E-state index in [4.69, 9.17) is 0 Å². The highest BCUT2D eigenvalue weighted by atomic mass is 16.3. The van der Waals surface area contributed by atoms with Gasteiger partial charge in [0.05, 0.1) is 12.2 Å². The lowest BCUT2D eigenvalue weighted by Crippen LogP contribution is -2.38. The van der Waals surface area contributed by atoms with Crippen LogP contribution in [0.15, 0.2) is 55.1 Å². The summed E-state index contributed by atoms with van der Waals surface area (Å²) < 4.78 is 2.13. The minimum Gasteiger partial charge on any atom is -0.505 e. The average molecular weight is 363 g/mol. The van der Waals surface area contributed by atoms with Gasteiger partial charge in [-0.05, 0) is 37.1 Å². The number of amides is 1. The Morgan fingerprint density at radius 2 is 1.85 bits per heavy atom. The highest BCUT2D eigenvalue weighted by molar-refractivity contribution is 5.94. The molecule has 138 valence electrons.